The molecule has 0 aromatic heterocycles. The van der Waals surface area contributed by atoms with Crippen LogP contribution in [0.2, 0.25) is 0 Å². The number of unbranched alkanes of at least 4 members (excludes halogenated alkanes) is 2. The second-order valence-corrected chi connectivity index (χ2v) is 4.95. The number of rotatable bonds is 7. The summed E-state index contributed by atoms with van der Waals surface area (Å²) in [5.41, 5.74) is 3.93. The van der Waals surface area contributed by atoms with Crippen molar-refractivity contribution in [3.63, 3.8) is 0 Å². The third-order valence-electron chi connectivity index (χ3n) is 3.35. The van der Waals surface area contributed by atoms with Crippen LogP contribution in [0.5, 0.6) is 0 Å². The normalized spacial score (nSPS) is 10.6. The number of hydrogen-bond donors (Lipinski definition) is 1. The van der Waals surface area contributed by atoms with Gasteiger partial charge < -0.3 is 5.32 Å². The highest BCUT2D eigenvalue weighted by molar-refractivity contribution is 5.63. The summed E-state index contributed by atoms with van der Waals surface area (Å²) in [6.45, 7) is 4.33. The lowest BCUT2D eigenvalue weighted by Gasteiger charge is -2.06. The zero-order chi connectivity index (χ0) is 13.3. The lowest BCUT2D eigenvalue weighted by Crippen LogP contribution is -2.14. The molecule has 0 radical (unpaired) electrons. The smallest absolute Gasteiger partial charge is 0.0205 e. The van der Waals surface area contributed by atoms with Crippen molar-refractivity contribution in [3.8, 4) is 11.1 Å². The van der Waals surface area contributed by atoms with Gasteiger partial charge in [0.15, 0.2) is 0 Å². The Kier molecular flexibility index (Phi) is 5.64. The largest absolute Gasteiger partial charge is 0.313 e. The molecular weight excluding hydrogens is 230 g/mol. The van der Waals surface area contributed by atoms with Crippen molar-refractivity contribution in [2.75, 3.05) is 6.54 Å². The molecule has 0 saturated heterocycles. The Bertz CT molecular complexity index is 459. The van der Waals surface area contributed by atoms with E-state index in [-0.39, 0.29) is 0 Å². The molecule has 19 heavy (non-hydrogen) atoms. The van der Waals surface area contributed by atoms with E-state index in [0.717, 1.165) is 13.1 Å². The predicted molar refractivity (Wildman–Crippen MR) is 83.1 cm³/mol. The third-order valence-corrected chi connectivity index (χ3v) is 3.35. The van der Waals surface area contributed by atoms with Crippen LogP contribution in [0, 0.1) is 0 Å². The molecule has 0 aliphatic heterocycles. The first kappa shape index (κ1) is 13.8. The highest BCUT2D eigenvalue weighted by atomic mass is 14.8. The lowest BCUT2D eigenvalue weighted by molar-refractivity contribution is 0.617. The van der Waals surface area contributed by atoms with Crippen molar-refractivity contribution in [2.45, 2.75) is 32.7 Å². The van der Waals surface area contributed by atoms with E-state index in [1.54, 1.807) is 0 Å². The Labute approximate surface area is 116 Å². The van der Waals surface area contributed by atoms with E-state index in [9.17, 15) is 0 Å². The maximum absolute atomic E-state index is 3.50. The van der Waals surface area contributed by atoms with Gasteiger partial charge >= 0.3 is 0 Å². The Hall–Kier alpha value is -1.60. The molecule has 2 aromatic rings. The van der Waals surface area contributed by atoms with E-state index in [4.69, 9.17) is 0 Å². The van der Waals surface area contributed by atoms with Gasteiger partial charge in [-0.05, 0) is 29.7 Å². The van der Waals surface area contributed by atoms with Crippen molar-refractivity contribution < 1.29 is 0 Å². The number of benzene rings is 2. The van der Waals surface area contributed by atoms with Gasteiger partial charge in [0, 0.05) is 6.54 Å². The van der Waals surface area contributed by atoms with Crippen LogP contribution in [0.25, 0.3) is 11.1 Å². The van der Waals surface area contributed by atoms with Gasteiger partial charge in [-0.2, -0.15) is 0 Å². The molecule has 1 nitrogen and oxygen atoms in total. The molecule has 0 amide bonds. The zero-order valence-electron chi connectivity index (χ0n) is 11.7. The standard InChI is InChI=1S/C18H23N/c1-2-3-7-14-19-15-16-10-12-18(13-11-16)17-8-5-4-6-9-17/h4-6,8-13,19H,2-3,7,14-15H2,1H3. The van der Waals surface area contributed by atoms with E-state index in [2.05, 4.69) is 66.8 Å². The number of nitrogens with one attached hydrogen (secondary N) is 1. The van der Waals surface area contributed by atoms with Crippen molar-refractivity contribution in [3.05, 3.63) is 60.2 Å². The van der Waals surface area contributed by atoms with E-state index in [1.165, 1.54) is 36.0 Å². The average Bonchev–Trinajstić information content (AvgIpc) is 2.49. The van der Waals surface area contributed by atoms with Crippen LogP contribution >= 0.6 is 0 Å². The molecule has 0 bridgehead atoms. The second-order valence-electron chi connectivity index (χ2n) is 4.95. The van der Waals surface area contributed by atoms with E-state index in [0.29, 0.717) is 0 Å². The van der Waals surface area contributed by atoms with Gasteiger partial charge in [0.1, 0.15) is 0 Å². The summed E-state index contributed by atoms with van der Waals surface area (Å²) in [4.78, 5) is 0. The van der Waals surface area contributed by atoms with Crippen LogP contribution in [0.3, 0.4) is 0 Å². The Morgan fingerprint density at radius 3 is 2.16 bits per heavy atom. The first-order valence-corrected chi connectivity index (χ1v) is 7.25. The molecule has 100 valence electrons. The van der Waals surface area contributed by atoms with Crippen LogP contribution in [0.15, 0.2) is 54.6 Å². The monoisotopic (exact) mass is 253 g/mol. The summed E-state index contributed by atoms with van der Waals surface area (Å²) >= 11 is 0. The highest BCUT2D eigenvalue weighted by Gasteiger charge is 1.97. The molecule has 2 rings (SSSR count). The summed E-state index contributed by atoms with van der Waals surface area (Å²) < 4.78 is 0. The first-order chi connectivity index (χ1) is 9.40. The van der Waals surface area contributed by atoms with Crippen LogP contribution in [-0.4, -0.2) is 6.54 Å². The fraction of sp³-hybridized carbons (Fsp3) is 0.333. The Morgan fingerprint density at radius 2 is 1.47 bits per heavy atom. The first-order valence-electron chi connectivity index (χ1n) is 7.25. The van der Waals surface area contributed by atoms with Crippen molar-refractivity contribution in [2.24, 2.45) is 0 Å². The summed E-state index contributed by atoms with van der Waals surface area (Å²) in [6, 6.07) is 19.4. The predicted octanol–water partition coefficient (Wildman–Crippen LogP) is 4.63. The zero-order valence-corrected chi connectivity index (χ0v) is 11.7. The van der Waals surface area contributed by atoms with Crippen molar-refractivity contribution in [1.82, 2.24) is 5.32 Å². The van der Waals surface area contributed by atoms with Crippen molar-refractivity contribution in [1.29, 1.82) is 0 Å². The minimum Gasteiger partial charge on any atom is -0.313 e. The maximum atomic E-state index is 3.50. The van der Waals surface area contributed by atoms with Gasteiger partial charge in [-0.15, -0.1) is 0 Å². The van der Waals surface area contributed by atoms with Gasteiger partial charge in [0.05, 0.1) is 0 Å². The molecule has 0 unspecified atom stereocenters. The molecule has 0 saturated carbocycles. The molecule has 0 fully saturated rings. The van der Waals surface area contributed by atoms with E-state index in [1.807, 2.05) is 0 Å². The van der Waals surface area contributed by atoms with Crippen LogP contribution in [-0.2, 0) is 6.54 Å². The van der Waals surface area contributed by atoms with Gasteiger partial charge in [-0.25, -0.2) is 0 Å². The molecule has 0 heterocycles. The van der Waals surface area contributed by atoms with Gasteiger partial charge in [-0.1, -0.05) is 74.4 Å². The van der Waals surface area contributed by atoms with E-state index < -0.39 is 0 Å². The fourth-order valence-electron chi connectivity index (χ4n) is 2.18. The minimum atomic E-state index is 0.971. The molecule has 0 aliphatic rings. The SMILES string of the molecule is CCCCCNCc1ccc(-c2ccccc2)cc1. The summed E-state index contributed by atoms with van der Waals surface area (Å²) in [5, 5.41) is 3.50. The van der Waals surface area contributed by atoms with Gasteiger partial charge in [-0.3, -0.25) is 0 Å². The quantitative estimate of drug-likeness (QED) is 0.709. The summed E-state index contributed by atoms with van der Waals surface area (Å²) in [5.74, 6) is 0. The highest BCUT2D eigenvalue weighted by Crippen LogP contribution is 2.19. The van der Waals surface area contributed by atoms with Gasteiger partial charge in [0.2, 0.25) is 0 Å². The molecule has 0 spiro atoms. The Morgan fingerprint density at radius 1 is 0.789 bits per heavy atom. The third kappa shape index (κ3) is 4.53. The van der Waals surface area contributed by atoms with Crippen molar-refractivity contribution >= 4 is 0 Å². The Balaban J connectivity index is 1.85. The molecular formula is C18H23N. The molecule has 0 atom stereocenters. The molecule has 0 aliphatic carbocycles. The molecule has 1 N–H and O–H groups in total. The lowest BCUT2D eigenvalue weighted by atomic mass is 10.0. The second kappa shape index (κ2) is 7.75. The van der Waals surface area contributed by atoms with Crippen LogP contribution < -0.4 is 5.32 Å². The maximum Gasteiger partial charge on any atom is 0.0205 e. The molecule has 1 heteroatoms. The summed E-state index contributed by atoms with van der Waals surface area (Å²) in [7, 11) is 0. The topological polar surface area (TPSA) is 12.0 Å². The fourth-order valence-corrected chi connectivity index (χ4v) is 2.18. The minimum absolute atomic E-state index is 0.971. The van der Waals surface area contributed by atoms with Crippen LogP contribution in [0.4, 0.5) is 0 Å². The average molecular weight is 253 g/mol. The van der Waals surface area contributed by atoms with Crippen LogP contribution in [0.1, 0.15) is 31.7 Å². The van der Waals surface area contributed by atoms with Gasteiger partial charge in [0.25, 0.3) is 0 Å². The number of hydrogen-bond acceptors (Lipinski definition) is 1. The molecule has 2 aromatic carbocycles. The summed E-state index contributed by atoms with van der Waals surface area (Å²) in [6.07, 6.45) is 3.88. The van der Waals surface area contributed by atoms with E-state index >= 15 is 0 Å².